The van der Waals surface area contributed by atoms with Crippen molar-refractivity contribution in [1.82, 2.24) is 0 Å². The number of hydrogen-bond acceptors (Lipinski definition) is 1. The molecule has 0 aliphatic carbocycles. The van der Waals surface area contributed by atoms with Gasteiger partial charge in [-0.05, 0) is 30.9 Å². The Hall–Kier alpha value is 0.310. The van der Waals surface area contributed by atoms with Gasteiger partial charge in [0.25, 0.3) is 0 Å². The van der Waals surface area contributed by atoms with Crippen LogP contribution < -0.4 is 0 Å². The second kappa shape index (κ2) is 16.7. The summed E-state index contributed by atoms with van der Waals surface area (Å²) in [6.07, 6.45) is 11.1. The minimum absolute atomic E-state index is 0.528. The van der Waals surface area contributed by atoms with Gasteiger partial charge in [-0.1, -0.05) is 67.2 Å². The predicted molar refractivity (Wildman–Crippen MR) is 103 cm³/mol. The van der Waals surface area contributed by atoms with Gasteiger partial charge in [0.05, 0.1) is 26.2 Å². The summed E-state index contributed by atoms with van der Waals surface area (Å²) >= 11 is 3.97. The summed E-state index contributed by atoms with van der Waals surface area (Å²) in [5.41, 5.74) is 0. The molecule has 130 valence electrons. The first kappa shape index (κ1) is 23.6. The van der Waals surface area contributed by atoms with Crippen molar-refractivity contribution in [3.05, 3.63) is 0 Å². The summed E-state index contributed by atoms with van der Waals surface area (Å²) in [7, 11) is 0. The maximum atomic E-state index is 3.97. The Morgan fingerprint density at radius 2 is 0.810 bits per heavy atom. The van der Waals surface area contributed by atoms with Gasteiger partial charge in [0.15, 0.2) is 0 Å². The highest BCUT2D eigenvalue weighted by Gasteiger charge is 2.24. The van der Waals surface area contributed by atoms with Crippen LogP contribution in [0.5, 0.6) is 0 Å². The lowest BCUT2D eigenvalue weighted by atomic mass is 10.1. The molecule has 0 rings (SSSR count). The Bertz CT molecular complexity index is 152. The molecule has 0 saturated heterocycles. The van der Waals surface area contributed by atoms with E-state index in [1.54, 1.807) is 0 Å². The van der Waals surface area contributed by atoms with Gasteiger partial charge in [0.2, 0.25) is 0 Å². The summed E-state index contributed by atoms with van der Waals surface area (Å²) < 4.78 is 1.42. The highest BCUT2D eigenvalue weighted by Crippen LogP contribution is 2.16. The Kier molecular flexibility index (Phi) is 18.7. The van der Waals surface area contributed by atoms with Crippen LogP contribution in [0.2, 0.25) is 0 Å². The molecule has 0 N–H and O–H groups in total. The predicted octanol–water partition coefficient (Wildman–Crippen LogP) is 6.33. The first-order valence-corrected chi connectivity index (χ1v) is 10.0. The Morgan fingerprint density at radius 3 is 0.952 bits per heavy atom. The summed E-state index contributed by atoms with van der Waals surface area (Å²) in [4.78, 5) is 0. The van der Waals surface area contributed by atoms with Gasteiger partial charge in [0, 0.05) is 0 Å². The van der Waals surface area contributed by atoms with E-state index in [2.05, 4.69) is 40.3 Å². The van der Waals surface area contributed by atoms with Crippen molar-refractivity contribution in [1.29, 1.82) is 0 Å². The first-order valence-electron chi connectivity index (χ1n) is 9.51. The van der Waals surface area contributed by atoms with Gasteiger partial charge in [-0.2, -0.15) is 12.6 Å². The van der Waals surface area contributed by atoms with Crippen LogP contribution in [0.25, 0.3) is 0 Å². The number of thiol groups is 1. The highest BCUT2D eigenvalue weighted by molar-refractivity contribution is 7.80. The van der Waals surface area contributed by atoms with E-state index in [-0.39, 0.29) is 0 Å². The van der Waals surface area contributed by atoms with Crippen LogP contribution in [0, 0.1) is 0 Å². The molecule has 0 amide bonds. The van der Waals surface area contributed by atoms with Crippen molar-refractivity contribution in [2.24, 2.45) is 0 Å². The van der Waals surface area contributed by atoms with E-state index in [0.29, 0.717) is 5.25 Å². The number of hydrogen-bond donors (Lipinski definition) is 1. The van der Waals surface area contributed by atoms with E-state index in [9.17, 15) is 0 Å². The molecule has 0 aromatic carbocycles. The number of nitrogens with zero attached hydrogens (tertiary/aromatic N) is 1. The van der Waals surface area contributed by atoms with Crippen LogP contribution in [-0.4, -0.2) is 35.9 Å². The van der Waals surface area contributed by atoms with E-state index in [4.69, 9.17) is 0 Å². The first-order chi connectivity index (χ1) is 9.97. The normalized spacial score (nSPS) is 11.4. The van der Waals surface area contributed by atoms with E-state index < -0.39 is 0 Å². The number of unbranched alkanes of at least 4 members (excludes halogenated alkanes) is 4. The average molecular weight is 319 g/mol. The van der Waals surface area contributed by atoms with Gasteiger partial charge in [-0.15, -0.1) is 0 Å². The summed E-state index contributed by atoms with van der Waals surface area (Å²) in [6, 6.07) is 0. The quantitative estimate of drug-likeness (QED) is 0.315. The Balaban J connectivity index is 0. The summed E-state index contributed by atoms with van der Waals surface area (Å²) in [5, 5.41) is 0.528. The number of rotatable bonds is 12. The van der Waals surface area contributed by atoms with Crippen LogP contribution in [0.1, 0.15) is 92.9 Å². The van der Waals surface area contributed by atoms with Crippen molar-refractivity contribution in [3.8, 4) is 0 Å². The number of quaternary nitrogens is 1. The molecule has 0 aromatic rings. The highest BCUT2D eigenvalue weighted by atomic mass is 32.1. The molecule has 0 atom stereocenters. The molecule has 0 aliphatic rings. The van der Waals surface area contributed by atoms with Crippen molar-refractivity contribution >= 4 is 12.6 Å². The fraction of sp³-hybridized carbons (Fsp3) is 1.00. The maximum Gasteiger partial charge on any atom is 0.0786 e. The van der Waals surface area contributed by atoms with Crippen LogP contribution in [0.4, 0.5) is 0 Å². The van der Waals surface area contributed by atoms with Crippen LogP contribution in [-0.2, 0) is 0 Å². The molecule has 0 fully saturated rings. The molecule has 0 spiro atoms. The minimum atomic E-state index is 0.528. The molecular formula is C19H44NS+. The lowest BCUT2D eigenvalue weighted by molar-refractivity contribution is -0.929. The van der Waals surface area contributed by atoms with Crippen LogP contribution in [0.15, 0.2) is 0 Å². The summed E-state index contributed by atoms with van der Waals surface area (Å²) in [6.45, 7) is 19.1. The molecule has 0 heterocycles. The zero-order valence-electron chi connectivity index (χ0n) is 16.0. The third-order valence-corrected chi connectivity index (χ3v) is 3.94. The van der Waals surface area contributed by atoms with Crippen molar-refractivity contribution in [2.75, 3.05) is 26.2 Å². The third-order valence-electron chi connectivity index (χ3n) is 3.94. The lowest BCUT2D eigenvalue weighted by Crippen LogP contribution is -2.50. The second-order valence-electron chi connectivity index (χ2n) is 6.74. The van der Waals surface area contributed by atoms with Crippen molar-refractivity contribution < 1.29 is 4.48 Å². The topological polar surface area (TPSA) is 0 Å². The molecule has 0 aliphatic heterocycles. The van der Waals surface area contributed by atoms with Gasteiger partial charge < -0.3 is 4.48 Å². The molecule has 0 saturated carbocycles. The smallest absolute Gasteiger partial charge is 0.0786 e. The zero-order valence-corrected chi connectivity index (χ0v) is 16.9. The molecule has 0 bridgehead atoms. The molecular weight excluding hydrogens is 274 g/mol. The van der Waals surface area contributed by atoms with Gasteiger partial charge in [-0.25, -0.2) is 0 Å². The molecule has 0 radical (unpaired) electrons. The van der Waals surface area contributed by atoms with Gasteiger partial charge >= 0.3 is 0 Å². The van der Waals surface area contributed by atoms with Crippen molar-refractivity contribution in [2.45, 2.75) is 98.2 Å². The second-order valence-corrected chi connectivity index (χ2v) is 7.78. The lowest BCUT2D eigenvalue weighted by Gasteiger charge is -2.39. The van der Waals surface area contributed by atoms with Gasteiger partial charge in [0.1, 0.15) is 0 Å². The average Bonchev–Trinajstić information content (AvgIpc) is 2.45. The third kappa shape index (κ3) is 16.5. The van der Waals surface area contributed by atoms with Crippen LogP contribution in [0.3, 0.4) is 0 Å². The zero-order chi connectivity index (χ0) is 16.6. The van der Waals surface area contributed by atoms with E-state index >= 15 is 0 Å². The molecule has 1 nitrogen and oxygen atoms in total. The fourth-order valence-electron chi connectivity index (χ4n) is 2.64. The maximum absolute atomic E-state index is 3.97. The largest absolute Gasteiger partial charge is 0.324 e. The van der Waals surface area contributed by atoms with Crippen LogP contribution >= 0.6 is 12.6 Å². The molecule has 0 aromatic heterocycles. The SMILES string of the molecule is CC(C)S.CCCC[N+](CCCC)(CCCC)CCCC. The Morgan fingerprint density at radius 1 is 0.619 bits per heavy atom. The minimum Gasteiger partial charge on any atom is -0.324 e. The van der Waals surface area contributed by atoms with E-state index in [1.807, 2.05) is 13.8 Å². The van der Waals surface area contributed by atoms with Crippen molar-refractivity contribution in [3.63, 3.8) is 0 Å². The summed E-state index contributed by atoms with van der Waals surface area (Å²) in [5.74, 6) is 0. The molecule has 0 unspecified atom stereocenters. The van der Waals surface area contributed by atoms with E-state index in [1.165, 1.54) is 82.0 Å². The van der Waals surface area contributed by atoms with E-state index in [0.717, 1.165) is 0 Å². The fourth-order valence-corrected chi connectivity index (χ4v) is 2.64. The van der Waals surface area contributed by atoms with Gasteiger partial charge in [-0.3, -0.25) is 0 Å². The molecule has 2 heteroatoms. The molecule has 21 heavy (non-hydrogen) atoms. The standard InChI is InChI=1S/C16H36N.C3H8S/c1-5-9-13-17(14-10-6-2,15-11-7-3)16-12-8-4;1-3(2)4/h5-16H2,1-4H3;3-4H,1-2H3/q+1;. The monoisotopic (exact) mass is 318 g/mol. The Labute approximate surface area is 141 Å².